The smallest absolute Gasteiger partial charge is 0.369 e. The summed E-state index contributed by atoms with van der Waals surface area (Å²) in [5.41, 5.74) is 0.493. The predicted octanol–water partition coefficient (Wildman–Crippen LogP) is 4.78. The molecule has 2 aromatic carbocycles. The van der Waals surface area contributed by atoms with Crippen molar-refractivity contribution in [1.82, 2.24) is 0 Å². The monoisotopic (exact) mass is 361 g/mol. The second-order valence-electron chi connectivity index (χ2n) is 4.50. The number of amides is 1. The molecule has 0 fully saturated rings. The molecule has 0 aromatic heterocycles. The molecule has 2 rings (SSSR count). The van der Waals surface area contributed by atoms with Crippen molar-refractivity contribution in [1.29, 1.82) is 0 Å². The van der Waals surface area contributed by atoms with Gasteiger partial charge in [-0.05, 0) is 35.9 Å². The molecule has 0 radical (unpaired) electrons. The van der Waals surface area contributed by atoms with E-state index in [2.05, 4.69) is 4.74 Å². The molecule has 1 N–H and O–H groups in total. The van der Waals surface area contributed by atoms with Crippen molar-refractivity contribution < 1.29 is 31.9 Å². The molecule has 0 aliphatic rings. The molecule has 0 saturated heterocycles. The lowest BCUT2D eigenvalue weighted by molar-refractivity contribution is -0.192. The van der Waals surface area contributed by atoms with Crippen LogP contribution in [-0.2, 0) is 9.53 Å². The first-order chi connectivity index (χ1) is 11.2. The van der Waals surface area contributed by atoms with Crippen molar-refractivity contribution in [3.8, 4) is 11.1 Å². The molecule has 0 aliphatic heterocycles. The molecule has 0 unspecified atom stereocenters. The van der Waals surface area contributed by atoms with E-state index >= 15 is 0 Å². The zero-order chi connectivity index (χ0) is 17.9. The first kappa shape index (κ1) is 17.7. The highest BCUT2D eigenvalue weighted by Crippen LogP contribution is 2.30. The Kier molecular flexibility index (Phi) is 5.08. The van der Waals surface area contributed by atoms with E-state index in [0.717, 1.165) is 18.2 Å². The van der Waals surface area contributed by atoms with E-state index in [4.69, 9.17) is 11.6 Å². The van der Waals surface area contributed by atoms with Crippen LogP contribution in [0.2, 0.25) is 5.02 Å². The van der Waals surface area contributed by atoms with Gasteiger partial charge < -0.3 is 4.74 Å². The summed E-state index contributed by atoms with van der Waals surface area (Å²) < 4.78 is 53.3. The minimum Gasteiger partial charge on any atom is -0.369 e. The average molecular weight is 362 g/mol. The van der Waals surface area contributed by atoms with Gasteiger partial charge in [0.1, 0.15) is 5.82 Å². The Morgan fingerprint density at radius 1 is 1.08 bits per heavy atom. The molecule has 4 nitrogen and oxygen atoms in total. The lowest BCUT2D eigenvalue weighted by Gasteiger charge is -2.12. The molecule has 2 aromatic rings. The minimum atomic E-state index is -5.31. The Balaban J connectivity index is 2.28. The van der Waals surface area contributed by atoms with Crippen molar-refractivity contribution in [2.75, 3.05) is 5.32 Å². The molecule has 0 spiro atoms. The van der Waals surface area contributed by atoms with Gasteiger partial charge in [0.05, 0.1) is 5.69 Å². The van der Waals surface area contributed by atoms with Crippen molar-refractivity contribution in [2.24, 2.45) is 0 Å². The zero-order valence-electron chi connectivity index (χ0n) is 11.7. The van der Waals surface area contributed by atoms with Crippen molar-refractivity contribution in [3.05, 3.63) is 53.3 Å². The Morgan fingerprint density at radius 3 is 2.42 bits per heavy atom. The number of benzene rings is 2. The fourth-order valence-electron chi connectivity index (χ4n) is 1.80. The van der Waals surface area contributed by atoms with E-state index in [1.54, 1.807) is 18.2 Å². The van der Waals surface area contributed by atoms with Gasteiger partial charge in [-0.15, -0.1) is 0 Å². The third kappa shape index (κ3) is 4.45. The van der Waals surface area contributed by atoms with Crippen LogP contribution in [0.25, 0.3) is 11.1 Å². The number of ether oxygens (including phenoxy) is 1. The van der Waals surface area contributed by atoms with Gasteiger partial charge in [0.25, 0.3) is 0 Å². The van der Waals surface area contributed by atoms with Gasteiger partial charge in [0.2, 0.25) is 0 Å². The number of hydrogen-bond acceptors (Lipinski definition) is 3. The maximum absolute atomic E-state index is 13.5. The summed E-state index contributed by atoms with van der Waals surface area (Å²) in [6.45, 7) is 0. The highest BCUT2D eigenvalue weighted by molar-refractivity contribution is 6.30. The van der Waals surface area contributed by atoms with Crippen LogP contribution < -0.4 is 5.32 Å². The zero-order valence-corrected chi connectivity index (χ0v) is 12.4. The fraction of sp³-hybridized carbons (Fsp3) is 0.0667. The molecule has 24 heavy (non-hydrogen) atoms. The Hall–Kier alpha value is -2.61. The van der Waals surface area contributed by atoms with Crippen LogP contribution in [0.1, 0.15) is 0 Å². The highest BCUT2D eigenvalue weighted by atomic mass is 35.5. The number of nitrogens with one attached hydrogen (secondary N) is 1. The number of rotatable bonds is 2. The maximum Gasteiger partial charge on any atom is 0.491 e. The maximum atomic E-state index is 13.5. The van der Waals surface area contributed by atoms with Gasteiger partial charge in [0, 0.05) is 10.6 Å². The summed E-state index contributed by atoms with van der Waals surface area (Å²) >= 11 is 5.84. The topological polar surface area (TPSA) is 55.4 Å². The van der Waals surface area contributed by atoms with E-state index in [1.165, 1.54) is 6.07 Å². The van der Waals surface area contributed by atoms with E-state index in [9.17, 15) is 27.2 Å². The normalized spacial score (nSPS) is 11.0. The van der Waals surface area contributed by atoms with Gasteiger partial charge in [-0.1, -0.05) is 23.7 Å². The number of alkyl halides is 3. The first-order valence-electron chi connectivity index (χ1n) is 6.32. The summed E-state index contributed by atoms with van der Waals surface area (Å²) in [6.07, 6.45) is -6.96. The largest absolute Gasteiger partial charge is 0.491 e. The van der Waals surface area contributed by atoms with Crippen molar-refractivity contribution >= 4 is 29.4 Å². The van der Waals surface area contributed by atoms with Crippen LogP contribution in [0.5, 0.6) is 0 Å². The third-order valence-corrected chi connectivity index (χ3v) is 3.01. The first-order valence-corrected chi connectivity index (χ1v) is 6.70. The molecule has 0 heterocycles. The van der Waals surface area contributed by atoms with Gasteiger partial charge >= 0.3 is 18.2 Å². The van der Waals surface area contributed by atoms with Crippen LogP contribution in [0, 0.1) is 5.82 Å². The van der Waals surface area contributed by atoms with Crippen molar-refractivity contribution in [2.45, 2.75) is 6.18 Å². The fourth-order valence-corrected chi connectivity index (χ4v) is 1.99. The second-order valence-corrected chi connectivity index (χ2v) is 4.94. The average Bonchev–Trinajstić information content (AvgIpc) is 2.48. The SMILES string of the molecule is O=C(Nc1ccc(F)cc1-c1cccc(Cl)c1)OC(=O)C(F)(F)F. The van der Waals surface area contributed by atoms with Crippen LogP contribution in [0.15, 0.2) is 42.5 Å². The summed E-state index contributed by atoms with van der Waals surface area (Å²) in [4.78, 5) is 22.1. The molecule has 0 aliphatic carbocycles. The number of carbonyl (C=O) groups is 2. The van der Waals surface area contributed by atoms with Crippen LogP contribution >= 0.6 is 11.6 Å². The van der Waals surface area contributed by atoms with E-state index < -0.39 is 24.1 Å². The molecule has 9 heteroatoms. The molecular formula is C15H8ClF4NO3. The summed E-state index contributed by atoms with van der Waals surface area (Å²) in [6, 6.07) is 9.30. The number of hydrogen-bond donors (Lipinski definition) is 1. The third-order valence-electron chi connectivity index (χ3n) is 2.77. The summed E-state index contributed by atoms with van der Waals surface area (Å²) in [7, 11) is 0. The minimum absolute atomic E-state index is 0.0568. The Labute approximate surface area is 138 Å². The lowest BCUT2D eigenvalue weighted by atomic mass is 10.0. The molecule has 126 valence electrons. The van der Waals surface area contributed by atoms with Gasteiger partial charge in [-0.3, -0.25) is 5.32 Å². The van der Waals surface area contributed by atoms with Crippen molar-refractivity contribution in [3.63, 3.8) is 0 Å². The second kappa shape index (κ2) is 6.88. The highest BCUT2D eigenvalue weighted by Gasteiger charge is 2.42. The Bertz CT molecular complexity index is 793. The van der Waals surface area contributed by atoms with Crippen LogP contribution in [0.3, 0.4) is 0 Å². The standard InChI is InChI=1S/C15H8ClF4NO3/c16-9-3-1-2-8(6-9)11-7-10(17)4-5-12(11)21-14(23)24-13(22)15(18,19)20/h1-7H,(H,21,23). The number of esters is 1. The predicted molar refractivity (Wildman–Crippen MR) is 78.0 cm³/mol. The van der Waals surface area contributed by atoms with Gasteiger partial charge in [-0.2, -0.15) is 13.2 Å². The Morgan fingerprint density at radius 2 is 1.79 bits per heavy atom. The molecule has 0 bridgehead atoms. The number of anilines is 1. The number of halogens is 5. The molecule has 1 amide bonds. The van der Waals surface area contributed by atoms with Crippen LogP contribution in [-0.4, -0.2) is 18.2 Å². The number of carbonyl (C=O) groups excluding carboxylic acids is 2. The quantitative estimate of drug-likeness (QED) is 0.475. The summed E-state index contributed by atoms with van der Waals surface area (Å²) in [5.74, 6) is -3.30. The van der Waals surface area contributed by atoms with E-state index in [0.29, 0.717) is 10.6 Å². The molecular weight excluding hydrogens is 354 g/mol. The van der Waals surface area contributed by atoms with Crippen LogP contribution in [0.4, 0.5) is 28.0 Å². The van der Waals surface area contributed by atoms with Gasteiger partial charge in [0.15, 0.2) is 0 Å². The van der Waals surface area contributed by atoms with Gasteiger partial charge in [-0.25, -0.2) is 14.0 Å². The summed E-state index contributed by atoms with van der Waals surface area (Å²) in [5, 5.41) is 2.30. The van der Waals surface area contributed by atoms with E-state index in [1.807, 2.05) is 5.32 Å². The molecule has 0 atom stereocenters. The van der Waals surface area contributed by atoms with E-state index in [-0.39, 0.29) is 11.3 Å². The lowest BCUT2D eigenvalue weighted by Crippen LogP contribution is -2.30. The molecule has 0 saturated carbocycles.